The Balaban J connectivity index is 2.62. The van der Waals surface area contributed by atoms with Gasteiger partial charge in [-0.1, -0.05) is 65.4 Å². The average Bonchev–Trinajstić information content (AvgIpc) is 2.77. The van der Waals surface area contributed by atoms with Crippen LogP contribution >= 0.6 is 11.8 Å². The lowest BCUT2D eigenvalue weighted by Crippen LogP contribution is -2.19. The van der Waals surface area contributed by atoms with Gasteiger partial charge in [0, 0.05) is 12.2 Å². The van der Waals surface area contributed by atoms with Gasteiger partial charge in [-0.3, -0.25) is 4.79 Å². The molecule has 1 N–H and O–H groups in total. The molecule has 0 heterocycles. The third kappa shape index (κ3) is 11.6. The molecule has 1 aromatic carbocycles. The van der Waals surface area contributed by atoms with Crippen LogP contribution in [0.4, 0.5) is 0 Å². The Morgan fingerprint density at radius 1 is 0.917 bits per heavy atom. The number of hydrogen-bond donors (Lipinski definition) is 1. The zero-order valence-electron chi connectivity index (χ0n) is 22.1. The summed E-state index contributed by atoms with van der Waals surface area (Å²) in [7, 11) is 0. The number of esters is 1. The number of hydrogen-bond acceptors (Lipinski definition) is 4. The fourth-order valence-corrected chi connectivity index (χ4v) is 3.53. The van der Waals surface area contributed by atoms with E-state index < -0.39 is 0 Å². The summed E-state index contributed by atoms with van der Waals surface area (Å²) in [5.41, 5.74) is 2.36. The number of terminal acetylenes is 1. The van der Waals surface area contributed by atoms with Crippen LogP contribution in [-0.2, 0) is 26.8 Å². The summed E-state index contributed by atoms with van der Waals surface area (Å²) in [6, 6.07) is 4.00. The molecule has 0 aliphatic heterocycles. The number of ether oxygens (including phenoxy) is 1. The van der Waals surface area contributed by atoms with Gasteiger partial charge in [0.2, 0.25) is 0 Å². The van der Waals surface area contributed by atoms with Gasteiger partial charge in [-0.15, -0.1) is 6.42 Å². The first-order chi connectivity index (χ1) is 16.9. The Morgan fingerprint density at radius 3 is 1.86 bits per heavy atom. The molecule has 0 aliphatic carbocycles. The van der Waals surface area contributed by atoms with Gasteiger partial charge in [0.1, 0.15) is 11.9 Å². The minimum absolute atomic E-state index is 0.212. The van der Waals surface area contributed by atoms with Gasteiger partial charge >= 0.3 is 5.97 Å². The Morgan fingerprint density at radius 2 is 1.39 bits per heavy atom. The molecule has 1 unspecified atom stereocenters. The molecule has 0 aliphatic rings. The van der Waals surface area contributed by atoms with Crippen molar-refractivity contribution < 1.29 is 14.6 Å². The number of aromatic hydroxyl groups is 1. The lowest BCUT2D eigenvalue weighted by Gasteiger charge is -2.28. The SMILES string of the molecule is C#CC#CC#CC#CC#CC#CSCC(C)OC(=O)CCc1cc(C(C)(C)C)c(O)c(C(C)(C)C)c1. The molecule has 1 atom stereocenters. The Labute approximate surface area is 221 Å². The predicted molar refractivity (Wildman–Crippen MR) is 150 cm³/mol. The Kier molecular flexibility index (Phi) is 12.2. The van der Waals surface area contributed by atoms with Gasteiger partial charge in [0.05, 0.1) is 0 Å². The largest absolute Gasteiger partial charge is 0.507 e. The predicted octanol–water partition coefficient (Wildman–Crippen LogP) is 5.19. The minimum atomic E-state index is -0.279. The van der Waals surface area contributed by atoms with Crippen LogP contribution in [0.2, 0.25) is 0 Å². The van der Waals surface area contributed by atoms with Crippen LogP contribution in [0.15, 0.2) is 12.1 Å². The summed E-state index contributed by atoms with van der Waals surface area (Å²) in [4.78, 5) is 12.4. The van der Waals surface area contributed by atoms with Crippen LogP contribution < -0.4 is 0 Å². The topological polar surface area (TPSA) is 46.5 Å². The molecule has 0 bridgehead atoms. The highest BCUT2D eigenvalue weighted by atomic mass is 32.2. The lowest BCUT2D eigenvalue weighted by atomic mass is 9.78. The standard InChI is InChI=1S/C32H32O3S/c1-9-10-11-12-13-14-15-16-17-18-21-36-24-25(2)35-29(33)20-19-26-22-27(31(3,4)5)30(34)28(23-26)32(6,7)8/h1,22-23,25,34H,19-20,24H2,2-8H3. The third-order valence-corrected chi connectivity index (χ3v) is 5.63. The molecule has 36 heavy (non-hydrogen) atoms. The molecule has 1 aromatic rings. The van der Waals surface area contributed by atoms with Crippen LogP contribution in [0.5, 0.6) is 5.75 Å². The van der Waals surface area contributed by atoms with Crippen molar-refractivity contribution in [2.24, 2.45) is 0 Å². The first-order valence-corrected chi connectivity index (χ1v) is 12.5. The van der Waals surface area contributed by atoms with E-state index in [4.69, 9.17) is 11.2 Å². The number of phenols is 1. The Bertz CT molecular complexity index is 1270. The molecule has 0 aromatic heterocycles. The number of carbonyl (C=O) groups is 1. The molecular weight excluding hydrogens is 464 g/mol. The van der Waals surface area contributed by atoms with Gasteiger partial charge in [-0.2, -0.15) is 0 Å². The second-order valence-corrected chi connectivity index (χ2v) is 10.8. The van der Waals surface area contributed by atoms with Crippen LogP contribution in [-0.4, -0.2) is 22.9 Å². The maximum atomic E-state index is 12.4. The molecular formula is C32H32O3S. The minimum Gasteiger partial charge on any atom is -0.507 e. The van der Waals surface area contributed by atoms with Gasteiger partial charge in [0.15, 0.2) is 0 Å². The van der Waals surface area contributed by atoms with E-state index in [1.165, 1.54) is 11.8 Å². The van der Waals surface area contributed by atoms with Crippen molar-refractivity contribution in [3.8, 4) is 76.6 Å². The van der Waals surface area contributed by atoms with Gasteiger partial charge < -0.3 is 9.84 Å². The molecule has 0 spiro atoms. The second kappa shape index (κ2) is 14.6. The van der Waals surface area contributed by atoms with Gasteiger partial charge in [-0.25, -0.2) is 0 Å². The molecule has 4 heteroatoms. The van der Waals surface area contributed by atoms with E-state index >= 15 is 0 Å². The molecule has 0 saturated carbocycles. The zero-order valence-corrected chi connectivity index (χ0v) is 22.9. The van der Waals surface area contributed by atoms with Crippen molar-refractivity contribution in [3.63, 3.8) is 0 Å². The number of aryl methyl sites for hydroxylation is 1. The number of benzene rings is 1. The van der Waals surface area contributed by atoms with E-state index in [1.54, 1.807) is 0 Å². The van der Waals surface area contributed by atoms with Crippen molar-refractivity contribution in [1.29, 1.82) is 0 Å². The van der Waals surface area contributed by atoms with E-state index in [-0.39, 0.29) is 29.3 Å². The summed E-state index contributed by atoms with van der Waals surface area (Å²) in [5.74, 6) is 25.4. The summed E-state index contributed by atoms with van der Waals surface area (Å²) >= 11 is 1.32. The van der Waals surface area contributed by atoms with E-state index in [2.05, 4.69) is 106 Å². The highest BCUT2D eigenvalue weighted by Crippen LogP contribution is 2.40. The number of thioether (sulfide) groups is 1. The number of phenolic OH excluding ortho intramolecular Hbond substituents is 1. The summed E-state index contributed by atoms with van der Waals surface area (Å²) in [5, 5.41) is 13.7. The quantitative estimate of drug-likeness (QED) is 0.435. The third-order valence-electron chi connectivity index (χ3n) is 4.75. The smallest absolute Gasteiger partial charge is 0.306 e. The van der Waals surface area contributed by atoms with Gasteiger partial charge in [0.25, 0.3) is 0 Å². The molecule has 0 fully saturated rings. The summed E-state index contributed by atoms with van der Waals surface area (Å²) in [6.45, 7) is 14.3. The number of carbonyl (C=O) groups excluding carboxylic acids is 1. The van der Waals surface area contributed by atoms with Gasteiger partial charge in [-0.05, 0) is 105 Å². The first kappa shape index (κ1) is 30.2. The van der Waals surface area contributed by atoms with E-state index in [0.717, 1.165) is 16.7 Å². The highest BCUT2D eigenvalue weighted by Gasteiger charge is 2.26. The van der Waals surface area contributed by atoms with Crippen molar-refractivity contribution in [3.05, 3.63) is 28.8 Å². The molecule has 1 rings (SSSR count). The van der Waals surface area contributed by atoms with Crippen molar-refractivity contribution in [2.45, 2.75) is 78.2 Å². The van der Waals surface area contributed by atoms with Crippen molar-refractivity contribution in [2.75, 3.05) is 5.75 Å². The maximum Gasteiger partial charge on any atom is 0.306 e. The molecule has 0 amide bonds. The summed E-state index contributed by atoms with van der Waals surface area (Å²) < 4.78 is 5.52. The molecule has 3 nitrogen and oxygen atoms in total. The van der Waals surface area contributed by atoms with Crippen LogP contribution in [0.1, 0.15) is 71.6 Å². The monoisotopic (exact) mass is 496 g/mol. The molecule has 0 radical (unpaired) electrons. The van der Waals surface area contributed by atoms with Crippen LogP contribution in [0.3, 0.4) is 0 Å². The maximum absolute atomic E-state index is 12.4. The zero-order chi connectivity index (χ0) is 27.2. The normalized spacial score (nSPS) is 10.6. The second-order valence-electron chi connectivity index (χ2n) is 10.0. The van der Waals surface area contributed by atoms with Crippen molar-refractivity contribution in [1.82, 2.24) is 0 Å². The van der Waals surface area contributed by atoms with E-state index in [9.17, 15) is 9.90 Å². The molecule has 184 valence electrons. The fourth-order valence-electron chi connectivity index (χ4n) is 3.02. The van der Waals surface area contributed by atoms with Crippen LogP contribution in [0, 0.1) is 70.9 Å². The average molecular weight is 497 g/mol. The Hall–Kier alpha value is -3.80. The highest BCUT2D eigenvalue weighted by molar-refractivity contribution is 8.03. The van der Waals surface area contributed by atoms with Crippen LogP contribution in [0.25, 0.3) is 0 Å². The van der Waals surface area contributed by atoms with Crippen molar-refractivity contribution >= 4 is 17.7 Å². The lowest BCUT2D eigenvalue weighted by molar-refractivity contribution is -0.147. The number of rotatable bonds is 6. The summed E-state index contributed by atoms with van der Waals surface area (Å²) in [6.07, 6.45) is 5.49. The molecule has 0 saturated heterocycles. The first-order valence-electron chi connectivity index (χ1n) is 11.5. The van der Waals surface area contributed by atoms with E-state index in [0.29, 0.717) is 17.9 Å². The van der Waals surface area contributed by atoms with E-state index in [1.807, 2.05) is 19.1 Å². The fraction of sp³-hybridized carbons (Fsp3) is 0.406.